The molecule has 0 spiro atoms. The second kappa shape index (κ2) is 5.83. The number of carbonyl (C=O) groups excluding carboxylic acids is 1. The first-order valence-electron chi connectivity index (χ1n) is 10.2. The van der Waals surface area contributed by atoms with E-state index in [1.165, 1.54) is 36.8 Å². The van der Waals surface area contributed by atoms with Gasteiger partial charge in [-0.05, 0) is 79.1 Å². The Hall–Kier alpha value is -1.36. The maximum Gasteiger partial charge on any atom is 0.172 e. The molecule has 0 amide bonds. The highest BCUT2D eigenvalue weighted by Crippen LogP contribution is 2.66. The van der Waals surface area contributed by atoms with Crippen LogP contribution in [-0.2, 0) is 4.79 Å². The number of allylic oxidation sites excluding steroid dienone is 2. The lowest BCUT2D eigenvalue weighted by Crippen LogP contribution is -2.50. The van der Waals surface area contributed by atoms with Gasteiger partial charge in [0.2, 0.25) is 0 Å². The molecule has 0 N–H and O–H groups in total. The van der Waals surface area contributed by atoms with Crippen LogP contribution in [0.5, 0.6) is 0 Å². The van der Waals surface area contributed by atoms with E-state index in [2.05, 4.69) is 33.4 Å². The van der Waals surface area contributed by atoms with Gasteiger partial charge in [0.05, 0.1) is 6.07 Å². The molecule has 3 fully saturated rings. The summed E-state index contributed by atoms with van der Waals surface area (Å²) in [6, 6.07) is 2.27. The van der Waals surface area contributed by atoms with Crippen LogP contribution >= 0.6 is 0 Å². The Labute approximate surface area is 152 Å². The molecule has 8 atom stereocenters. The summed E-state index contributed by atoms with van der Waals surface area (Å²) in [6.45, 7) is 11.6. The number of carbonyl (C=O) groups is 1. The minimum Gasteiger partial charge on any atom is -0.293 e. The molecular weight excluding hydrogens is 306 g/mol. The van der Waals surface area contributed by atoms with Crippen molar-refractivity contribution in [1.29, 1.82) is 5.26 Å². The summed E-state index contributed by atoms with van der Waals surface area (Å²) in [6.07, 6.45) is 8.67. The van der Waals surface area contributed by atoms with Crippen molar-refractivity contribution in [1.82, 2.24) is 0 Å². The maximum absolute atomic E-state index is 12.2. The topological polar surface area (TPSA) is 40.9 Å². The third kappa shape index (κ3) is 2.31. The highest BCUT2D eigenvalue weighted by Gasteiger charge is 2.58. The molecule has 4 aliphatic rings. The maximum atomic E-state index is 12.2. The summed E-state index contributed by atoms with van der Waals surface area (Å²) < 4.78 is 0. The zero-order valence-electron chi connectivity index (χ0n) is 15.9. The van der Waals surface area contributed by atoms with Crippen LogP contribution in [0.3, 0.4) is 0 Å². The van der Waals surface area contributed by atoms with Crippen molar-refractivity contribution in [3.8, 4) is 6.07 Å². The summed E-state index contributed by atoms with van der Waals surface area (Å²) in [5, 5.41) is 9.39. The lowest BCUT2D eigenvalue weighted by molar-refractivity contribution is -0.119. The average molecular weight is 338 g/mol. The fourth-order valence-corrected chi connectivity index (χ4v) is 7.12. The Bertz CT molecular complexity index is 683. The van der Waals surface area contributed by atoms with Crippen molar-refractivity contribution in [3.63, 3.8) is 0 Å². The number of nitriles is 1. The molecular formula is C23H31NO. The Kier molecular flexibility index (Phi) is 3.98. The molecule has 2 nitrogen and oxygen atoms in total. The summed E-state index contributed by atoms with van der Waals surface area (Å²) in [5.74, 6) is 3.63. The molecule has 4 rings (SSSR count). The zero-order chi connectivity index (χ0) is 17.9. The van der Waals surface area contributed by atoms with E-state index in [0.29, 0.717) is 29.1 Å². The molecule has 25 heavy (non-hydrogen) atoms. The van der Waals surface area contributed by atoms with Gasteiger partial charge in [0.15, 0.2) is 5.78 Å². The highest BCUT2D eigenvalue weighted by molar-refractivity contribution is 5.95. The van der Waals surface area contributed by atoms with Gasteiger partial charge in [-0.25, -0.2) is 0 Å². The van der Waals surface area contributed by atoms with Gasteiger partial charge < -0.3 is 0 Å². The quantitative estimate of drug-likeness (QED) is 0.608. The molecule has 134 valence electrons. The Morgan fingerprint density at radius 3 is 2.84 bits per heavy atom. The van der Waals surface area contributed by atoms with Crippen LogP contribution in [0.4, 0.5) is 0 Å². The van der Waals surface area contributed by atoms with Gasteiger partial charge >= 0.3 is 0 Å². The SMILES string of the molecule is C=C1C[C@H]2[C@@H]3[C@H](CC)CC4=CC(=O)C(C#N)C[C@@H]4[C@H]3CC[C@]2(C)[C@@H]1C. The van der Waals surface area contributed by atoms with Gasteiger partial charge in [0.25, 0.3) is 0 Å². The predicted octanol–water partition coefficient (Wildman–Crippen LogP) is 5.32. The number of nitrogens with zero attached hydrogens (tertiary/aromatic N) is 1. The summed E-state index contributed by atoms with van der Waals surface area (Å²) in [4.78, 5) is 12.2. The van der Waals surface area contributed by atoms with E-state index in [0.717, 1.165) is 24.7 Å². The molecule has 0 aromatic heterocycles. The molecule has 0 bridgehead atoms. The standard InChI is InChI=1S/C23H31NO/c1-5-15-9-16-11-21(25)17(12-24)10-19(16)18-6-7-23(4)14(3)13(2)8-20(23)22(15)18/h11,14-15,17-20,22H,2,5-10H2,1,3-4H3/t14-,15-,17?,18-,19+,20+,22-,23-/m1/s1. The third-order valence-corrected chi connectivity index (χ3v) is 8.78. The molecule has 0 aliphatic heterocycles. The number of ketones is 1. The second-order valence-corrected chi connectivity index (χ2v) is 9.49. The third-order valence-electron chi connectivity index (χ3n) is 8.78. The number of hydrogen-bond donors (Lipinski definition) is 0. The molecule has 4 aliphatic carbocycles. The fourth-order valence-electron chi connectivity index (χ4n) is 7.12. The average Bonchev–Trinajstić information content (AvgIpc) is 2.83. The van der Waals surface area contributed by atoms with E-state index in [9.17, 15) is 10.1 Å². The summed E-state index contributed by atoms with van der Waals surface area (Å²) in [5.41, 5.74) is 3.24. The van der Waals surface area contributed by atoms with Gasteiger partial charge in [0.1, 0.15) is 5.92 Å². The largest absolute Gasteiger partial charge is 0.293 e. The van der Waals surface area contributed by atoms with Crippen molar-refractivity contribution >= 4 is 5.78 Å². The van der Waals surface area contributed by atoms with E-state index in [-0.39, 0.29) is 5.78 Å². The number of rotatable bonds is 1. The Morgan fingerprint density at radius 2 is 2.16 bits per heavy atom. The highest BCUT2D eigenvalue weighted by atomic mass is 16.1. The lowest BCUT2D eigenvalue weighted by atomic mass is 9.48. The molecule has 0 aromatic carbocycles. The smallest absolute Gasteiger partial charge is 0.172 e. The Morgan fingerprint density at radius 1 is 1.40 bits per heavy atom. The van der Waals surface area contributed by atoms with Crippen LogP contribution in [0.15, 0.2) is 23.8 Å². The van der Waals surface area contributed by atoms with E-state index in [4.69, 9.17) is 0 Å². The molecule has 0 radical (unpaired) electrons. The van der Waals surface area contributed by atoms with Crippen molar-refractivity contribution in [3.05, 3.63) is 23.8 Å². The monoisotopic (exact) mass is 337 g/mol. The van der Waals surface area contributed by atoms with Crippen LogP contribution in [-0.4, -0.2) is 5.78 Å². The zero-order valence-corrected chi connectivity index (χ0v) is 15.9. The van der Waals surface area contributed by atoms with Gasteiger partial charge in [-0.2, -0.15) is 5.26 Å². The molecule has 0 aromatic rings. The van der Waals surface area contributed by atoms with Gasteiger partial charge in [0, 0.05) is 0 Å². The van der Waals surface area contributed by atoms with Gasteiger partial charge in [-0.1, -0.05) is 44.9 Å². The molecule has 3 saturated carbocycles. The van der Waals surface area contributed by atoms with Crippen LogP contribution in [0.2, 0.25) is 0 Å². The van der Waals surface area contributed by atoms with E-state index >= 15 is 0 Å². The first-order valence-corrected chi connectivity index (χ1v) is 10.2. The molecule has 2 heteroatoms. The van der Waals surface area contributed by atoms with Crippen molar-refractivity contribution in [2.45, 2.75) is 59.3 Å². The first kappa shape index (κ1) is 17.1. The lowest BCUT2D eigenvalue weighted by Gasteiger charge is -2.56. The van der Waals surface area contributed by atoms with E-state index in [1.807, 2.05) is 6.08 Å². The predicted molar refractivity (Wildman–Crippen MR) is 99.4 cm³/mol. The van der Waals surface area contributed by atoms with Crippen LogP contribution < -0.4 is 0 Å². The Balaban J connectivity index is 1.72. The van der Waals surface area contributed by atoms with E-state index < -0.39 is 5.92 Å². The van der Waals surface area contributed by atoms with Crippen molar-refractivity contribution in [2.75, 3.05) is 0 Å². The molecule has 0 saturated heterocycles. The van der Waals surface area contributed by atoms with Gasteiger partial charge in [-0.15, -0.1) is 0 Å². The van der Waals surface area contributed by atoms with E-state index in [1.54, 1.807) is 0 Å². The van der Waals surface area contributed by atoms with Crippen LogP contribution in [0, 0.1) is 58.2 Å². The minimum atomic E-state index is -0.404. The van der Waals surface area contributed by atoms with Crippen molar-refractivity contribution < 1.29 is 4.79 Å². The summed E-state index contributed by atoms with van der Waals surface area (Å²) >= 11 is 0. The first-order chi connectivity index (χ1) is 11.9. The second-order valence-electron chi connectivity index (χ2n) is 9.49. The number of hydrogen-bond acceptors (Lipinski definition) is 2. The van der Waals surface area contributed by atoms with Gasteiger partial charge in [-0.3, -0.25) is 4.79 Å². The molecule has 0 heterocycles. The number of fused-ring (bicyclic) bond motifs is 5. The fraction of sp³-hybridized carbons (Fsp3) is 0.739. The van der Waals surface area contributed by atoms with Crippen molar-refractivity contribution in [2.24, 2.45) is 46.8 Å². The molecule has 1 unspecified atom stereocenters. The van der Waals surface area contributed by atoms with Crippen LogP contribution in [0.25, 0.3) is 0 Å². The van der Waals surface area contributed by atoms with Crippen LogP contribution in [0.1, 0.15) is 59.3 Å². The minimum absolute atomic E-state index is 0.0607. The summed E-state index contributed by atoms with van der Waals surface area (Å²) in [7, 11) is 0. The normalized spacial score (nSPS) is 48.9.